The van der Waals surface area contributed by atoms with E-state index in [9.17, 15) is 4.79 Å². The average Bonchev–Trinajstić information content (AvgIpc) is 2.89. The molecule has 2 rings (SSSR count). The Balaban J connectivity index is 1.88. The van der Waals surface area contributed by atoms with Crippen LogP contribution in [0.4, 0.5) is 0 Å². The topological polar surface area (TPSA) is 59.8 Å². The third-order valence-electron chi connectivity index (χ3n) is 3.36. The fourth-order valence-electron chi connectivity index (χ4n) is 2.15. The highest BCUT2D eigenvalue weighted by molar-refractivity contribution is 5.76. The molecule has 0 aliphatic carbocycles. The van der Waals surface area contributed by atoms with Crippen molar-refractivity contribution in [1.29, 1.82) is 0 Å². The summed E-state index contributed by atoms with van der Waals surface area (Å²) in [6, 6.07) is 3.93. The summed E-state index contributed by atoms with van der Waals surface area (Å²) in [6.45, 7) is 4.65. The van der Waals surface area contributed by atoms with Gasteiger partial charge >= 0.3 is 0 Å². The van der Waals surface area contributed by atoms with E-state index in [2.05, 4.69) is 22.2 Å². The van der Waals surface area contributed by atoms with Crippen LogP contribution in [0.15, 0.2) is 36.9 Å². The van der Waals surface area contributed by atoms with Gasteiger partial charge in [-0.15, -0.1) is 0 Å². The molecule has 0 unspecified atom stereocenters. The molecule has 0 bridgehead atoms. The molecule has 0 spiro atoms. The second-order valence-electron chi connectivity index (χ2n) is 4.73. The minimum Gasteiger partial charge on any atom is -0.349 e. The molecule has 0 aromatic carbocycles. The standard InChI is InChI=1S/C15H20N4O/c1-3-14(13-4-7-16-8-5-13)18-15(20)6-10-19-11-9-17-12(19)2/h4-5,7-9,11,14H,3,6,10H2,1-2H3,(H,18,20)/t14-/m0/s1. The van der Waals surface area contributed by atoms with Crippen molar-refractivity contribution >= 4 is 5.91 Å². The zero-order valence-electron chi connectivity index (χ0n) is 11.9. The highest BCUT2D eigenvalue weighted by Crippen LogP contribution is 2.15. The van der Waals surface area contributed by atoms with E-state index in [1.54, 1.807) is 18.6 Å². The molecule has 2 aromatic heterocycles. The van der Waals surface area contributed by atoms with Crippen LogP contribution in [0.3, 0.4) is 0 Å². The number of hydrogen-bond donors (Lipinski definition) is 1. The van der Waals surface area contributed by atoms with Crippen molar-refractivity contribution in [2.75, 3.05) is 0 Å². The number of aromatic nitrogens is 3. The minimum atomic E-state index is 0.0504. The van der Waals surface area contributed by atoms with Crippen LogP contribution >= 0.6 is 0 Å². The second-order valence-corrected chi connectivity index (χ2v) is 4.73. The first kappa shape index (κ1) is 14.2. The average molecular weight is 272 g/mol. The normalized spacial score (nSPS) is 12.1. The van der Waals surface area contributed by atoms with Crippen LogP contribution < -0.4 is 5.32 Å². The molecule has 106 valence electrons. The summed E-state index contributed by atoms with van der Waals surface area (Å²) < 4.78 is 1.98. The number of amides is 1. The monoisotopic (exact) mass is 272 g/mol. The third kappa shape index (κ3) is 3.66. The number of carbonyl (C=O) groups is 1. The SMILES string of the molecule is CC[C@H](NC(=O)CCn1ccnc1C)c1ccncc1. The van der Waals surface area contributed by atoms with Gasteiger partial charge in [-0.3, -0.25) is 9.78 Å². The molecule has 5 nitrogen and oxygen atoms in total. The van der Waals surface area contributed by atoms with Crippen LogP contribution in [0, 0.1) is 6.92 Å². The highest BCUT2D eigenvalue weighted by Gasteiger charge is 2.12. The quantitative estimate of drug-likeness (QED) is 0.877. The smallest absolute Gasteiger partial charge is 0.222 e. The lowest BCUT2D eigenvalue weighted by molar-refractivity contribution is -0.122. The van der Waals surface area contributed by atoms with Crippen LogP contribution in [0.2, 0.25) is 0 Å². The van der Waals surface area contributed by atoms with E-state index in [4.69, 9.17) is 0 Å². The van der Waals surface area contributed by atoms with Gasteiger partial charge in [0.1, 0.15) is 5.82 Å². The summed E-state index contributed by atoms with van der Waals surface area (Å²) in [5, 5.41) is 3.06. The van der Waals surface area contributed by atoms with Gasteiger partial charge in [-0.05, 0) is 31.0 Å². The van der Waals surface area contributed by atoms with Crippen molar-refractivity contribution < 1.29 is 4.79 Å². The number of pyridine rings is 1. The van der Waals surface area contributed by atoms with Crippen molar-refractivity contribution in [2.45, 2.75) is 39.3 Å². The molecule has 0 saturated carbocycles. The summed E-state index contributed by atoms with van der Waals surface area (Å²) in [5.41, 5.74) is 1.09. The van der Waals surface area contributed by atoms with Crippen molar-refractivity contribution in [1.82, 2.24) is 19.9 Å². The Morgan fingerprint density at radius 1 is 1.35 bits per heavy atom. The number of nitrogens with one attached hydrogen (secondary N) is 1. The van der Waals surface area contributed by atoms with E-state index in [0.29, 0.717) is 13.0 Å². The van der Waals surface area contributed by atoms with Crippen LogP contribution in [0.1, 0.15) is 37.2 Å². The zero-order valence-corrected chi connectivity index (χ0v) is 11.9. The molecular formula is C15H20N4O. The number of aryl methyl sites for hydroxylation is 2. The van der Waals surface area contributed by atoms with Crippen LogP contribution in [0.5, 0.6) is 0 Å². The number of nitrogens with zero attached hydrogens (tertiary/aromatic N) is 3. The van der Waals surface area contributed by atoms with Crippen molar-refractivity contribution in [2.24, 2.45) is 0 Å². The summed E-state index contributed by atoms with van der Waals surface area (Å²) in [7, 11) is 0. The Morgan fingerprint density at radius 2 is 2.10 bits per heavy atom. The Hall–Kier alpha value is -2.17. The van der Waals surface area contributed by atoms with Gasteiger partial charge in [-0.1, -0.05) is 6.92 Å². The lowest BCUT2D eigenvalue weighted by Crippen LogP contribution is -2.28. The van der Waals surface area contributed by atoms with E-state index in [0.717, 1.165) is 17.8 Å². The van der Waals surface area contributed by atoms with E-state index in [1.807, 2.05) is 29.8 Å². The van der Waals surface area contributed by atoms with Crippen LogP contribution in [-0.4, -0.2) is 20.4 Å². The second kappa shape index (κ2) is 6.84. The fourth-order valence-corrected chi connectivity index (χ4v) is 2.15. The van der Waals surface area contributed by atoms with Gasteiger partial charge in [0.15, 0.2) is 0 Å². The minimum absolute atomic E-state index is 0.0504. The molecular weight excluding hydrogens is 252 g/mol. The molecule has 0 radical (unpaired) electrons. The first-order valence-corrected chi connectivity index (χ1v) is 6.87. The molecule has 0 aliphatic heterocycles. The third-order valence-corrected chi connectivity index (χ3v) is 3.36. The van der Waals surface area contributed by atoms with Gasteiger partial charge in [-0.25, -0.2) is 4.98 Å². The number of carbonyl (C=O) groups excluding carboxylic acids is 1. The molecule has 1 amide bonds. The molecule has 1 atom stereocenters. The Labute approximate surface area is 119 Å². The fraction of sp³-hybridized carbons (Fsp3) is 0.400. The molecule has 20 heavy (non-hydrogen) atoms. The van der Waals surface area contributed by atoms with E-state index in [1.165, 1.54) is 0 Å². The van der Waals surface area contributed by atoms with Gasteiger partial charge in [-0.2, -0.15) is 0 Å². The highest BCUT2D eigenvalue weighted by atomic mass is 16.1. The largest absolute Gasteiger partial charge is 0.349 e. The summed E-state index contributed by atoms with van der Waals surface area (Å²) in [4.78, 5) is 20.2. The first-order valence-electron chi connectivity index (χ1n) is 6.87. The van der Waals surface area contributed by atoms with Crippen molar-refractivity contribution in [3.05, 3.63) is 48.3 Å². The van der Waals surface area contributed by atoms with E-state index in [-0.39, 0.29) is 11.9 Å². The van der Waals surface area contributed by atoms with E-state index >= 15 is 0 Å². The number of rotatable bonds is 6. The maximum absolute atomic E-state index is 12.0. The van der Waals surface area contributed by atoms with Gasteiger partial charge in [0.05, 0.1) is 6.04 Å². The predicted molar refractivity (Wildman–Crippen MR) is 77.0 cm³/mol. The molecule has 0 saturated heterocycles. The predicted octanol–water partition coefficient (Wildman–Crippen LogP) is 2.24. The van der Waals surface area contributed by atoms with Gasteiger partial charge in [0.25, 0.3) is 0 Å². The summed E-state index contributed by atoms with van der Waals surface area (Å²) in [5.74, 6) is 0.987. The Kier molecular flexibility index (Phi) is 4.87. The zero-order chi connectivity index (χ0) is 14.4. The van der Waals surface area contributed by atoms with Crippen LogP contribution in [0.25, 0.3) is 0 Å². The molecule has 1 N–H and O–H groups in total. The summed E-state index contributed by atoms with van der Waals surface area (Å²) >= 11 is 0. The van der Waals surface area contributed by atoms with Crippen LogP contribution in [-0.2, 0) is 11.3 Å². The lowest BCUT2D eigenvalue weighted by Gasteiger charge is -2.17. The Morgan fingerprint density at radius 3 is 2.70 bits per heavy atom. The Bertz CT molecular complexity index is 550. The molecule has 5 heteroatoms. The molecule has 0 aliphatic rings. The lowest BCUT2D eigenvalue weighted by atomic mass is 10.1. The summed E-state index contributed by atoms with van der Waals surface area (Å²) in [6.07, 6.45) is 8.46. The number of imidazole rings is 1. The van der Waals surface area contributed by atoms with Gasteiger partial charge < -0.3 is 9.88 Å². The van der Waals surface area contributed by atoms with Gasteiger partial charge in [0.2, 0.25) is 5.91 Å². The van der Waals surface area contributed by atoms with E-state index < -0.39 is 0 Å². The molecule has 2 aromatic rings. The van der Waals surface area contributed by atoms with Crippen molar-refractivity contribution in [3.8, 4) is 0 Å². The molecule has 2 heterocycles. The maximum Gasteiger partial charge on any atom is 0.222 e. The maximum atomic E-state index is 12.0. The molecule has 0 fully saturated rings. The first-order chi connectivity index (χ1) is 9.70. The van der Waals surface area contributed by atoms with Crippen molar-refractivity contribution in [3.63, 3.8) is 0 Å². The number of hydrogen-bond acceptors (Lipinski definition) is 3. The van der Waals surface area contributed by atoms with Gasteiger partial charge in [0, 0.05) is 37.8 Å².